The minimum Gasteiger partial charge on any atom is -0.495 e. The molecule has 0 atom stereocenters. The fourth-order valence-electron chi connectivity index (χ4n) is 1.90. The van der Waals surface area contributed by atoms with Crippen molar-refractivity contribution in [1.29, 1.82) is 0 Å². The fraction of sp³-hybridized carbons (Fsp3) is 0.200. The zero-order chi connectivity index (χ0) is 15.6. The highest BCUT2D eigenvalue weighted by atomic mass is 35.5. The summed E-state index contributed by atoms with van der Waals surface area (Å²) in [7, 11) is -2.34. The first-order valence-electron chi connectivity index (χ1n) is 6.27. The van der Waals surface area contributed by atoms with Crippen molar-refractivity contribution in [2.75, 3.05) is 11.8 Å². The number of anilines is 1. The van der Waals surface area contributed by atoms with E-state index in [1.807, 2.05) is 13.8 Å². The van der Waals surface area contributed by atoms with Gasteiger partial charge in [0.2, 0.25) is 0 Å². The molecule has 2 rings (SSSR count). The molecule has 0 radical (unpaired) electrons. The molecule has 0 aromatic heterocycles. The maximum Gasteiger partial charge on any atom is 0.265 e. The molecule has 2 aromatic carbocycles. The normalized spacial score (nSPS) is 11.2. The summed E-state index contributed by atoms with van der Waals surface area (Å²) in [6, 6.07) is 10.1. The Balaban J connectivity index is 2.45. The van der Waals surface area contributed by atoms with Crippen molar-refractivity contribution < 1.29 is 13.2 Å². The van der Waals surface area contributed by atoms with E-state index in [0.29, 0.717) is 10.7 Å². The topological polar surface area (TPSA) is 55.4 Å². The van der Waals surface area contributed by atoms with Gasteiger partial charge in [-0.2, -0.15) is 0 Å². The molecule has 0 aliphatic rings. The summed E-state index contributed by atoms with van der Waals surface area (Å²) in [6.45, 7) is 3.70. The number of hydrogen-bond acceptors (Lipinski definition) is 3. The standard InChI is InChI=1S/C15H16ClNO3S/c1-10-4-6-13(12(16)8-10)17-21(18,19)15-9-11(2)5-7-14(15)20-3/h4-9,17H,1-3H3. The molecular formula is C15H16ClNO3S. The molecule has 0 amide bonds. The molecule has 21 heavy (non-hydrogen) atoms. The molecule has 2 aromatic rings. The first-order chi connectivity index (χ1) is 9.83. The molecular weight excluding hydrogens is 310 g/mol. The van der Waals surface area contributed by atoms with Crippen LogP contribution in [-0.2, 0) is 10.0 Å². The van der Waals surface area contributed by atoms with E-state index in [4.69, 9.17) is 16.3 Å². The predicted molar refractivity (Wildman–Crippen MR) is 84.7 cm³/mol. The summed E-state index contributed by atoms with van der Waals surface area (Å²) >= 11 is 6.07. The molecule has 6 heteroatoms. The van der Waals surface area contributed by atoms with Crippen molar-refractivity contribution in [2.45, 2.75) is 18.7 Å². The summed E-state index contributed by atoms with van der Waals surface area (Å²) < 4.78 is 32.7. The fourth-order valence-corrected chi connectivity index (χ4v) is 3.57. The average Bonchev–Trinajstić information content (AvgIpc) is 2.42. The van der Waals surface area contributed by atoms with Crippen LogP contribution in [0, 0.1) is 13.8 Å². The number of rotatable bonds is 4. The Morgan fingerprint density at radius 3 is 2.29 bits per heavy atom. The zero-order valence-electron chi connectivity index (χ0n) is 12.0. The molecule has 112 valence electrons. The van der Waals surface area contributed by atoms with Crippen molar-refractivity contribution in [3.05, 3.63) is 52.5 Å². The van der Waals surface area contributed by atoms with E-state index in [1.165, 1.54) is 7.11 Å². The number of nitrogens with one attached hydrogen (secondary N) is 1. The first-order valence-corrected chi connectivity index (χ1v) is 8.13. The maximum atomic E-state index is 12.5. The van der Waals surface area contributed by atoms with Crippen LogP contribution in [-0.4, -0.2) is 15.5 Å². The Morgan fingerprint density at radius 2 is 1.67 bits per heavy atom. The molecule has 0 bridgehead atoms. The molecule has 0 saturated carbocycles. The van der Waals surface area contributed by atoms with Crippen LogP contribution < -0.4 is 9.46 Å². The molecule has 0 spiro atoms. The van der Waals surface area contributed by atoms with Crippen LogP contribution in [0.15, 0.2) is 41.3 Å². The van der Waals surface area contributed by atoms with Gasteiger partial charge >= 0.3 is 0 Å². The third-order valence-electron chi connectivity index (χ3n) is 2.98. The molecule has 0 heterocycles. The number of sulfonamides is 1. The summed E-state index contributed by atoms with van der Waals surface area (Å²) in [4.78, 5) is 0.0849. The van der Waals surface area contributed by atoms with Crippen LogP contribution in [0.25, 0.3) is 0 Å². The second kappa shape index (κ2) is 5.95. The quantitative estimate of drug-likeness (QED) is 0.931. The highest BCUT2D eigenvalue weighted by Gasteiger charge is 2.20. The van der Waals surface area contributed by atoms with Gasteiger partial charge in [0, 0.05) is 0 Å². The summed E-state index contributed by atoms with van der Waals surface area (Å²) in [6.07, 6.45) is 0. The summed E-state index contributed by atoms with van der Waals surface area (Å²) in [5.41, 5.74) is 2.12. The maximum absolute atomic E-state index is 12.5. The number of methoxy groups -OCH3 is 1. The zero-order valence-corrected chi connectivity index (χ0v) is 13.5. The van der Waals surface area contributed by atoms with Crippen LogP contribution in [0.4, 0.5) is 5.69 Å². The molecule has 0 fully saturated rings. The molecule has 0 aliphatic carbocycles. The van der Waals surface area contributed by atoms with Gasteiger partial charge in [-0.05, 0) is 49.2 Å². The Labute approximate surface area is 129 Å². The van der Waals surface area contributed by atoms with Crippen LogP contribution in [0.5, 0.6) is 5.75 Å². The number of ether oxygens (including phenoxy) is 1. The van der Waals surface area contributed by atoms with E-state index in [9.17, 15) is 8.42 Å². The minimum atomic E-state index is -3.77. The van der Waals surface area contributed by atoms with Gasteiger partial charge in [0.25, 0.3) is 10.0 Å². The van der Waals surface area contributed by atoms with Crippen molar-refractivity contribution in [3.63, 3.8) is 0 Å². The predicted octanol–water partition coefficient (Wildman–Crippen LogP) is 3.77. The lowest BCUT2D eigenvalue weighted by Gasteiger charge is -2.13. The Hall–Kier alpha value is -1.72. The lowest BCUT2D eigenvalue weighted by molar-refractivity contribution is 0.402. The van der Waals surface area contributed by atoms with Gasteiger partial charge in [0.15, 0.2) is 0 Å². The van der Waals surface area contributed by atoms with Crippen molar-refractivity contribution >= 4 is 27.3 Å². The van der Waals surface area contributed by atoms with Gasteiger partial charge in [-0.25, -0.2) is 8.42 Å². The molecule has 0 saturated heterocycles. The highest BCUT2D eigenvalue weighted by Crippen LogP contribution is 2.29. The third-order valence-corrected chi connectivity index (χ3v) is 4.68. The third kappa shape index (κ3) is 3.49. The highest BCUT2D eigenvalue weighted by molar-refractivity contribution is 7.92. The lowest BCUT2D eigenvalue weighted by Crippen LogP contribution is -2.14. The first kappa shape index (κ1) is 15.7. The van der Waals surface area contributed by atoms with Crippen LogP contribution in [0.3, 0.4) is 0 Å². The number of aryl methyl sites for hydroxylation is 2. The smallest absolute Gasteiger partial charge is 0.265 e. The Morgan fingerprint density at radius 1 is 1.05 bits per heavy atom. The molecule has 0 unspecified atom stereocenters. The average molecular weight is 326 g/mol. The van der Waals surface area contributed by atoms with Gasteiger partial charge in [-0.1, -0.05) is 23.7 Å². The van der Waals surface area contributed by atoms with Crippen molar-refractivity contribution in [3.8, 4) is 5.75 Å². The van der Waals surface area contributed by atoms with E-state index in [1.54, 1.807) is 36.4 Å². The van der Waals surface area contributed by atoms with E-state index in [2.05, 4.69) is 4.72 Å². The van der Waals surface area contributed by atoms with E-state index in [-0.39, 0.29) is 10.6 Å². The monoisotopic (exact) mass is 325 g/mol. The van der Waals surface area contributed by atoms with E-state index < -0.39 is 10.0 Å². The Kier molecular flexibility index (Phi) is 4.44. The number of benzene rings is 2. The minimum absolute atomic E-state index is 0.0849. The van der Waals surface area contributed by atoms with Crippen molar-refractivity contribution in [1.82, 2.24) is 0 Å². The van der Waals surface area contributed by atoms with Gasteiger partial charge in [-0.3, -0.25) is 4.72 Å². The molecule has 0 aliphatic heterocycles. The van der Waals surface area contributed by atoms with Crippen LogP contribution in [0.2, 0.25) is 5.02 Å². The van der Waals surface area contributed by atoms with Gasteiger partial charge < -0.3 is 4.74 Å². The molecule has 1 N–H and O–H groups in total. The summed E-state index contributed by atoms with van der Waals surface area (Å²) in [5, 5.41) is 0.352. The second-order valence-corrected chi connectivity index (χ2v) is 6.80. The SMILES string of the molecule is COc1ccc(C)cc1S(=O)(=O)Nc1ccc(C)cc1Cl. The lowest BCUT2D eigenvalue weighted by atomic mass is 10.2. The summed E-state index contributed by atoms with van der Waals surface area (Å²) in [5.74, 6) is 0.288. The van der Waals surface area contributed by atoms with Crippen LogP contribution >= 0.6 is 11.6 Å². The van der Waals surface area contributed by atoms with Crippen molar-refractivity contribution in [2.24, 2.45) is 0 Å². The van der Waals surface area contributed by atoms with E-state index in [0.717, 1.165) is 11.1 Å². The largest absolute Gasteiger partial charge is 0.495 e. The van der Waals surface area contributed by atoms with Crippen LogP contribution in [0.1, 0.15) is 11.1 Å². The van der Waals surface area contributed by atoms with Gasteiger partial charge in [0.05, 0.1) is 17.8 Å². The van der Waals surface area contributed by atoms with Gasteiger partial charge in [0.1, 0.15) is 10.6 Å². The second-order valence-electron chi connectivity index (χ2n) is 4.74. The van der Waals surface area contributed by atoms with Gasteiger partial charge in [-0.15, -0.1) is 0 Å². The number of hydrogen-bond donors (Lipinski definition) is 1. The Bertz CT molecular complexity index is 772. The number of halogens is 1. The molecule has 4 nitrogen and oxygen atoms in total. The van der Waals surface area contributed by atoms with E-state index >= 15 is 0 Å².